The van der Waals surface area contributed by atoms with Gasteiger partial charge in [0.2, 0.25) is 0 Å². The van der Waals surface area contributed by atoms with Gasteiger partial charge in [-0.25, -0.2) is 0 Å². The van der Waals surface area contributed by atoms with Gasteiger partial charge in [0.25, 0.3) is 0 Å². The van der Waals surface area contributed by atoms with Crippen LogP contribution in [-0.2, 0) is 9.47 Å². The van der Waals surface area contributed by atoms with Gasteiger partial charge in [-0.3, -0.25) is 0 Å². The molecule has 0 aliphatic heterocycles. The summed E-state index contributed by atoms with van der Waals surface area (Å²) in [7, 11) is 0. The minimum atomic E-state index is -0.0116. The summed E-state index contributed by atoms with van der Waals surface area (Å²) < 4.78 is 11.3. The van der Waals surface area contributed by atoms with Gasteiger partial charge in [-0.1, -0.05) is 13.3 Å². The van der Waals surface area contributed by atoms with Crippen LogP contribution in [0.25, 0.3) is 0 Å². The first-order valence-electron chi connectivity index (χ1n) is 6.23. The number of unbranched alkanes of at least 4 members (excludes halogenated alkanes) is 1. The van der Waals surface area contributed by atoms with Crippen molar-refractivity contribution in [3.05, 3.63) is 0 Å². The lowest BCUT2D eigenvalue weighted by molar-refractivity contribution is -0.0643. The highest BCUT2D eigenvalue weighted by atomic mass is 16.5. The van der Waals surface area contributed by atoms with Gasteiger partial charge in [0, 0.05) is 13.2 Å². The molecule has 92 valence electrons. The van der Waals surface area contributed by atoms with E-state index in [1.807, 2.05) is 0 Å². The fourth-order valence-corrected chi connectivity index (χ4v) is 1.65. The summed E-state index contributed by atoms with van der Waals surface area (Å²) in [4.78, 5) is 0. The summed E-state index contributed by atoms with van der Waals surface area (Å²) in [5, 5.41) is 0. The molecule has 0 heterocycles. The van der Waals surface area contributed by atoms with Crippen molar-refractivity contribution < 1.29 is 9.47 Å². The van der Waals surface area contributed by atoms with Crippen molar-refractivity contribution in [3.63, 3.8) is 0 Å². The Morgan fingerprint density at radius 1 is 1.07 bits per heavy atom. The van der Waals surface area contributed by atoms with Gasteiger partial charge in [-0.2, -0.15) is 0 Å². The third-order valence-corrected chi connectivity index (χ3v) is 2.26. The minimum Gasteiger partial charge on any atom is -0.381 e. The zero-order valence-electron chi connectivity index (χ0n) is 11.1. The zero-order chi connectivity index (χ0) is 11.7. The van der Waals surface area contributed by atoms with E-state index in [2.05, 4.69) is 34.6 Å². The number of ether oxygens (including phenoxy) is 2. The van der Waals surface area contributed by atoms with E-state index in [1.54, 1.807) is 0 Å². The Hall–Kier alpha value is -0.0800. The van der Waals surface area contributed by atoms with E-state index in [-0.39, 0.29) is 5.60 Å². The smallest absolute Gasteiger partial charge is 0.0630 e. The monoisotopic (exact) mass is 216 g/mol. The molecule has 15 heavy (non-hydrogen) atoms. The summed E-state index contributed by atoms with van der Waals surface area (Å²) in [6.45, 7) is 12.4. The van der Waals surface area contributed by atoms with Gasteiger partial charge in [-0.15, -0.1) is 0 Å². The average Bonchev–Trinajstić information content (AvgIpc) is 2.08. The van der Waals surface area contributed by atoms with E-state index < -0.39 is 0 Å². The molecule has 0 saturated carbocycles. The van der Waals surface area contributed by atoms with Gasteiger partial charge in [0.15, 0.2) is 0 Å². The van der Waals surface area contributed by atoms with E-state index in [4.69, 9.17) is 9.47 Å². The van der Waals surface area contributed by atoms with E-state index in [9.17, 15) is 0 Å². The fourth-order valence-electron chi connectivity index (χ4n) is 1.65. The molecule has 2 nitrogen and oxygen atoms in total. The SMILES string of the molecule is CCCCOCCCC(C)(C)OC(C)C. The molecule has 0 amide bonds. The predicted octanol–water partition coefficient (Wildman–Crippen LogP) is 3.79. The quantitative estimate of drug-likeness (QED) is 0.546. The molecular formula is C13H28O2. The Kier molecular flexibility index (Phi) is 8.07. The first kappa shape index (κ1) is 14.9. The van der Waals surface area contributed by atoms with Crippen molar-refractivity contribution in [1.29, 1.82) is 0 Å². The average molecular weight is 216 g/mol. The van der Waals surface area contributed by atoms with Gasteiger partial charge in [0.1, 0.15) is 0 Å². The molecule has 0 bridgehead atoms. The maximum Gasteiger partial charge on any atom is 0.0630 e. The first-order valence-corrected chi connectivity index (χ1v) is 6.23. The molecule has 0 unspecified atom stereocenters. The maximum absolute atomic E-state index is 5.81. The summed E-state index contributed by atoms with van der Waals surface area (Å²) >= 11 is 0. The van der Waals surface area contributed by atoms with Crippen molar-refractivity contribution in [1.82, 2.24) is 0 Å². The van der Waals surface area contributed by atoms with Crippen LogP contribution in [0.5, 0.6) is 0 Å². The molecule has 2 heteroatoms. The standard InChI is InChI=1S/C13H28O2/c1-6-7-10-14-11-8-9-13(4,5)15-12(2)3/h12H,6-11H2,1-5H3. The molecular weight excluding hydrogens is 188 g/mol. The highest BCUT2D eigenvalue weighted by Crippen LogP contribution is 2.18. The van der Waals surface area contributed by atoms with Crippen molar-refractivity contribution in [2.45, 2.75) is 72.0 Å². The van der Waals surface area contributed by atoms with Crippen molar-refractivity contribution in [2.24, 2.45) is 0 Å². The first-order chi connectivity index (χ1) is 6.98. The Morgan fingerprint density at radius 3 is 2.20 bits per heavy atom. The molecule has 0 spiro atoms. The number of hydrogen-bond acceptors (Lipinski definition) is 2. The topological polar surface area (TPSA) is 18.5 Å². The molecule has 0 fully saturated rings. The van der Waals surface area contributed by atoms with Crippen molar-refractivity contribution in [2.75, 3.05) is 13.2 Å². The second kappa shape index (κ2) is 8.12. The molecule has 0 aromatic rings. The van der Waals surface area contributed by atoms with Crippen molar-refractivity contribution in [3.8, 4) is 0 Å². The van der Waals surface area contributed by atoms with Gasteiger partial charge in [0.05, 0.1) is 11.7 Å². The Balaban J connectivity index is 3.40. The summed E-state index contributed by atoms with van der Waals surface area (Å²) in [5.74, 6) is 0. The molecule has 0 aromatic carbocycles. The van der Waals surface area contributed by atoms with Crippen LogP contribution >= 0.6 is 0 Å². The number of rotatable bonds is 9. The van der Waals surface area contributed by atoms with Crippen LogP contribution in [-0.4, -0.2) is 24.9 Å². The van der Waals surface area contributed by atoms with Crippen LogP contribution in [0.2, 0.25) is 0 Å². The Morgan fingerprint density at radius 2 is 1.67 bits per heavy atom. The second-order valence-electron chi connectivity index (χ2n) is 5.00. The summed E-state index contributed by atoms with van der Waals surface area (Å²) in [6.07, 6.45) is 4.84. The van der Waals surface area contributed by atoms with Gasteiger partial charge < -0.3 is 9.47 Å². The molecule has 0 rings (SSSR count). The molecule has 0 aliphatic rings. The lowest BCUT2D eigenvalue weighted by Crippen LogP contribution is -2.28. The maximum atomic E-state index is 5.81. The second-order valence-corrected chi connectivity index (χ2v) is 5.00. The van der Waals surface area contributed by atoms with Crippen molar-refractivity contribution >= 4 is 0 Å². The number of hydrogen-bond donors (Lipinski definition) is 0. The lowest BCUT2D eigenvalue weighted by atomic mass is 10.0. The predicted molar refractivity (Wildman–Crippen MR) is 65.3 cm³/mol. The van der Waals surface area contributed by atoms with Crippen LogP contribution in [0.4, 0.5) is 0 Å². The minimum absolute atomic E-state index is 0.0116. The summed E-state index contributed by atoms with van der Waals surface area (Å²) in [5.41, 5.74) is -0.0116. The molecule has 0 aliphatic carbocycles. The van der Waals surface area contributed by atoms with Crippen LogP contribution in [0.15, 0.2) is 0 Å². The van der Waals surface area contributed by atoms with Crippen LogP contribution in [0.3, 0.4) is 0 Å². The van der Waals surface area contributed by atoms with Gasteiger partial charge in [-0.05, 0) is 47.0 Å². The van der Waals surface area contributed by atoms with E-state index in [1.165, 1.54) is 12.8 Å². The highest BCUT2D eigenvalue weighted by molar-refractivity contribution is 4.69. The molecule has 0 aromatic heterocycles. The third-order valence-electron chi connectivity index (χ3n) is 2.26. The zero-order valence-corrected chi connectivity index (χ0v) is 11.1. The lowest BCUT2D eigenvalue weighted by Gasteiger charge is -2.27. The van der Waals surface area contributed by atoms with E-state index in [0.29, 0.717) is 6.10 Å². The van der Waals surface area contributed by atoms with Crippen LogP contribution < -0.4 is 0 Å². The normalized spacial score (nSPS) is 12.4. The largest absolute Gasteiger partial charge is 0.381 e. The molecule has 0 radical (unpaired) electrons. The molecule has 0 atom stereocenters. The summed E-state index contributed by atoms with van der Waals surface area (Å²) in [6, 6.07) is 0. The van der Waals surface area contributed by atoms with Crippen LogP contribution in [0.1, 0.15) is 60.3 Å². The highest BCUT2D eigenvalue weighted by Gasteiger charge is 2.19. The molecule has 0 saturated heterocycles. The Bertz CT molecular complexity index is 141. The van der Waals surface area contributed by atoms with Gasteiger partial charge >= 0.3 is 0 Å². The third kappa shape index (κ3) is 10.2. The Labute approximate surface area is 95.3 Å². The van der Waals surface area contributed by atoms with Crippen LogP contribution in [0, 0.1) is 0 Å². The molecule has 0 N–H and O–H groups in total. The fraction of sp³-hybridized carbons (Fsp3) is 1.00. The van der Waals surface area contributed by atoms with E-state index >= 15 is 0 Å². The van der Waals surface area contributed by atoms with E-state index in [0.717, 1.165) is 26.1 Å².